The molecule has 3 aromatic rings. The van der Waals surface area contributed by atoms with Gasteiger partial charge in [-0.2, -0.15) is 18.0 Å². The van der Waals surface area contributed by atoms with Crippen LogP contribution in [0, 0.1) is 11.3 Å². The normalized spacial score (nSPS) is 13.9. The van der Waals surface area contributed by atoms with Gasteiger partial charge in [0.15, 0.2) is 0 Å². The lowest BCUT2D eigenvalue weighted by molar-refractivity contribution is 0.0747. The third-order valence-electron chi connectivity index (χ3n) is 6.24. The molecule has 0 atom stereocenters. The number of para-hydroxylation sites is 1. The molecule has 0 saturated carbocycles. The van der Waals surface area contributed by atoms with Crippen molar-refractivity contribution >= 4 is 27.5 Å². The van der Waals surface area contributed by atoms with Crippen molar-refractivity contribution in [2.45, 2.75) is 6.54 Å². The Labute approximate surface area is 212 Å². The largest absolute Gasteiger partial charge is 0.367 e. The molecule has 1 aliphatic rings. The third-order valence-corrected chi connectivity index (χ3v) is 8.06. The maximum Gasteiger partial charge on any atom is 0.303 e. The van der Waals surface area contributed by atoms with Crippen LogP contribution >= 0.6 is 0 Å². The van der Waals surface area contributed by atoms with E-state index in [1.807, 2.05) is 48.5 Å². The Morgan fingerprint density at radius 2 is 1.50 bits per heavy atom. The Balaban J connectivity index is 1.48. The molecular weight excluding hydrogens is 474 g/mol. The molecule has 36 heavy (non-hydrogen) atoms. The minimum absolute atomic E-state index is 0.0974. The van der Waals surface area contributed by atoms with Crippen molar-refractivity contribution in [1.82, 2.24) is 9.21 Å². The van der Waals surface area contributed by atoms with E-state index in [9.17, 15) is 18.5 Å². The van der Waals surface area contributed by atoms with Gasteiger partial charge < -0.3 is 9.80 Å². The van der Waals surface area contributed by atoms with Gasteiger partial charge in [0, 0.05) is 45.8 Å². The van der Waals surface area contributed by atoms with E-state index in [2.05, 4.69) is 11.0 Å². The molecule has 186 valence electrons. The van der Waals surface area contributed by atoms with Crippen LogP contribution in [0.2, 0.25) is 0 Å². The molecule has 0 spiro atoms. The molecule has 1 fully saturated rings. The first-order chi connectivity index (χ1) is 17.3. The van der Waals surface area contributed by atoms with E-state index in [1.165, 1.54) is 22.7 Å². The van der Waals surface area contributed by atoms with Gasteiger partial charge in [0.25, 0.3) is 5.91 Å². The van der Waals surface area contributed by atoms with Crippen molar-refractivity contribution < 1.29 is 13.2 Å². The highest BCUT2D eigenvalue weighted by Gasteiger charge is 2.27. The number of nitrogens with zero attached hydrogens (tertiary/aromatic N) is 5. The molecule has 4 rings (SSSR count). The van der Waals surface area contributed by atoms with E-state index in [4.69, 9.17) is 0 Å². The van der Waals surface area contributed by atoms with Gasteiger partial charge in [-0.05, 0) is 42.0 Å². The van der Waals surface area contributed by atoms with Gasteiger partial charge >= 0.3 is 10.2 Å². The summed E-state index contributed by atoms with van der Waals surface area (Å²) in [6.07, 6.45) is 0. The average molecular weight is 504 g/mol. The fraction of sp³-hybridized carbons (Fsp3) is 0.259. The van der Waals surface area contributed by atoms with Crippen LogP contribution in [0.4, 0.5) is 11.4 Å². The number of anilines is 2. The van der Waals surface area contributed by atoms with Gasteiger partial charge in [0.2, 0.25) is 0 Å². The summed E-state index contributed by atoms with van der Waals surface area (Å²) in [7, 11) is -0.739. The van der Waals surface area contributed by atoms with Crippen LogP contribution in [0.15, 0.2) is 78.9 Å². The predicted molar refractivity (Wildman–Crippen MR) is 141 cm³/mol. The zero-order chi connectivity index (χ0) is 25.7. The van der Waals surface area contributed by atoms with E-state index >= 15 is 0 Å². The third kappa shape index (κ3) is 5.35. The first kappa shape index (κ1) is 25.2. The van der Waals surface area contributed by atoms with E-state index in [1.54, 1.807) is 35.2 Å². The smallest absolute Gasteiger partial charge is 0.303 e. The molecule has 1 saturated heterocycles. The molecule has 8 nitrogen and oxygen atoms in total. The van der Waals surface area contributed by atoms with Crippen LogP contribution in [0.1, 0.15) is 21.5 Å². The second-order valence-corrected chi connectivity index (χ2v) is 10.8. The van der Waals surface area contributed by atoms with Crippen LogP contribution in [-0.2, 0) is 16.8 Å². The minimum Gasteiger partial charge on any atom is -0.367 e. The molecule has 1 heterocycles. The number of carbonyl (C=O) groups is 1. The molecule has 0 radical (unpaired) electrons. The standard InChI is InChI=1S/C27H29N5O3S/c1-29(2)36(34,35)32(21-22-8-4-3-5-9-22)25-14-12-23(13-15-25)27(33)31-18-16-30(17-19-31)26-11-7-6-10-24(26)20-28/h3-15H,16-19,21H2,1-2H3. The van der Waals surface area contributed by atoms with Crippen molar-refractivity contribution in [3.8, 4) is 6.07 Å². The number of amides is 1. The summed E-state index contributed by atoms with van der Waals surface area (Å²) < 4.78 is 28.6. The Morgan fingerprint density at radius 3 is 2.11 bits per heavy atom. The van der Waals surface area contributed by atoms with Crippen LogP contribution in [-0.4, -0.2) is 63.8 Å². The van der Waals surface area contributed by atoms with Gasteiger partial charge in [-0.3, -0.25) is 9.10 Å². The summed E-state index contributed by atoms with van der Waals surface area (Å²) in [6.45, 7) is 2.52. The average Bonchev–Trinajstić information content (AvgIpc) is 2.92. The molecule has 0 bridgehead atoms. The summed E-state index contributed by atoms with van der Waals surface area (Å²) >= 11 is 0. The zero-order valence-corrected chi connectivity index (χ0v) is 21.2. The summed E-state index contributed by atoms with van der Waals surface area (Å²) in [5.74, 6) is -0.0974. The Hall–Kier alpha value is -3.87. The summed E-state index contributed by atoms with van der Waals surface area (Å²) in [6, 6.07) is 25.8. The SMILES string of the molecule is CN(C)S(=O)(=O)N(Cc1ccccc1)c1ccc(C(=O)N2CCN(c3ccccc3C#N)CC2)cc1. The topological polar surface area (TPSA) is 88.0 Å². The van der Waals surface area contributed by atoms with Crippen LogP contribution in [0.3, 0.4) is 0 Å². The van der Waals surface area contributed by atoms with E-state index in [0.717, 1.165) is 11.3 Å². The van der Waals surface area contributed by atoms with Gasteiger partial charge in [-0.15, -0.1) is 0 Å². The summed E-state index contributed by atoms with van der Waals surface area (Å²) in [5.41, 5.74) is 3.37. The summed E-state index contributed by atoms with van der Waals surface area (Å²) in [5, 5.41) is 9.38. The maximum atomic E-state index is 13.2. The predicted octanol–water partition coefficient (Wildman–Crippen LogP) is 3.33. The molecule has 9 heteroatoms. The van der Waals surface area contributed by atoms with Gasteiger partial charge in [0.1, 0.15) is 6.07 Å². The molecule has 0 aliphatic carbocycles. The molecular formula is C27H29N5O3S. The van der Waals surface area contributed by atoms with E-state index in [-0.39, 0.29) is 12.5 Å². The lowest BCUT2D eigenvalue weighted by Crippen LogP contribution is -2.49. The monoisotopic (exact) mass is 503 g/mol. The highest BCUT2D eigenvalue weighted by Crippen LogP contribution is 2.25. The second-order valence-electron chi connectivity index (χ2n) is 8.74. The van der Waals surface area contributed by atoms with Gasteiger partial charge in [0.05, 0.1) is 23.5 Å². The lowest BCUT2D eigenvalue weighted by Gasteiger charge is -2.36. The fourth-order valence-corrected chi connectivity index (χ4v) is 5.29. The number of benzene rings is 3. The lowest BCUT2D eigenvalue weighted by atomic mass is 10.1. The van der Waals surface area contributed by atoms with Crippen LogP contribution < -0.4 is 9.21 Å². The van der Waals surface area contributed by atoms with Crippen molar-refractivity contribution in [3.63, 3.8) is 0 Å². The number of rotatable bonds is 7. The number of nitriles is 1. The first-order valence-electron chi connectivity index (χ1n) is 11.7. The molecule has 0 aromatic heterocycles. The number of hydrogen-bond acceptors (Lipinski definition) is 5. The van der Waals surface area contributed by atoms with Crippen LogP contribution in [0.25, 0.3) is 0 Å². The quantitative estimate of drug-likeness (QED) is 0.494. The first-order valence-corrected chi connectivity index (χ1v) is 13.1. The van der Waals surface area contributed by atoms with E-state index < -0.39 is 10.2 Å². The second kappa shape index (κ2) is 10.8. The van der Waals surface area contributed by atoms with Gasteiger partial charge in [-0.1, -0.05) is 42.5 Å². The van der Waals surface area contributed by atoms with Crippen molar-refractivity contribution in [3.05, 3.63) is 95.6 Å². The number of carbonyl (C=O) groups excluding carboxylic acids is 1. The molecule has 1 aliphatic heterocycles. The van der Waals surface area contributed by atoms with Crippen molar-refractivity contribution in [2.75, 3.05) is 49.5 Å². The number of hydrogen-bond donors (Lipinski definition) is 0. The molecule has 1 amide bonds. The molecule has 0 N–H and O–H groups in total. The highest BCUT2D eigenvalue weighted by molar-refractivity contribution is 7.90. The Kier molecular flexibility index (Phi) is 7.58. The zero-order valence-electron chi connectivity index (χ0n) is 20.4. The van der Waals surface area contributed by atoms with E-state index in [0.29, 0.717) is 43.0 Å². The van der Waals surface area contributed by atoms with Gasteiger partial charge in [-0.25, -0.2) is 0 Å². The minimum atomic E-state index is -3.74. The molecule has 0 unspecified atom stereocenters. The van der Waals surface area contributed by atoms with Crippen molar-refractivity contribution in [2.24, 2.45) is 0 Å². The maximum absolute atomic E-state index is 13.2. The Bertz CT molecular complexity index is 1340. The fourth-order valence-electron chi connectivity index (χ4n) is 4.20. The Morgan fingerprint density at radius 1 is 0.889 bits per heavy atom. The number of piperazine rings is 1. The highest BCUT2D eigenvalue weighted by atomic mass is 32.2. The summed E-state index contributed by atoms with van der Waals surface area (Å²) in [4.78, 5) is 17.1. The van der Waals surface area contributed by atoms with Crippen LogP contribution in [0.5, 0.6) is 0 Å². The molecule has 3 aromatic carbocycles. The van der Waals surface area contributed by atoms with Crippen molar-refractivity contribution in [1.29, 1.82) is 5.26 Å².